The van der Waals surface area contributed by atoms with Gasteiger partial charge in [-0.1, -0.05) is 39.0 Å². The maximum Gasteiger partial charge on any atom is 0.258 e. The monoisotopic (exact) mass is 386 g/mol. The van der Waals surface area contributed by atoms with Gasteiger partial charge in [-0.05, 0) is 11.6 Å². The number of alkyl halides is 2. The third-order valence-electron chi connectivity index (χ3n) is 3.44. The van der Waals surface area contributed by atoms with Crippen LogP contribution in [0.5, 0.6) is 0 Å². The van der Waals surface area contributed by atoms with Crippen LogP contribution < -0.4 is 5.32 Å². The first-order valence-corrected chi connectivity index (χ1v) is 8.21. The highest BCUT2D eigenvalue weighted by Crippen LogP contribution is 2.39. The highest BCUT2D eigenvalue weighted by molar-refractivity contribution is 8.00. The molecule has 1 heterocycles. The lowest BCUT2D eigenvalue weighted by atomic mass is 10.0. The van der Waals surface area contributed by atoms with E-state index in [1.807, 2.05) is 29.2 Å². The van der Waals surface area contributed by atoms with Crippen LogP contribution in [0.15, 0.2) is 29.2 Å². The van der Waals surface area contributed by atoms with Crippen LogP contribution in [0.3, 0.4) is 0 Å². The average molecular weight is 387 g/mol. The minimum Gasteiger partial charge on any atom is -0.314 e. The van der Waals surface area contributed by atoms with Gasteiger partial charge in [0.15, 0.2) is 0 Å². The third kappa shape index (κ3) is 6.75. The second-order valence-electron chi connectivity index (χ2n) is 6.32. The maximum absolute atomic E-state index is 13.7. The summed E-state index contributed by atoms with van der Waals surface area (Å²) in [5.74, 6) is 0. The van der Waals surface area contributed by atoms with Gasteiger partial charge in [0, 0.05) is 35.8 Å². The Hall–Kier alpha value is -0.0700. The molecule has 1 aliphatic heterocycles. The number of rotatable bonds is 4. The summed E-state index contributed by atoms with van der Waals surface area (Å²) in [7, 11) is 0. The minimum atomic E-state index is -2.37. The lowest BCUT2D eigenvalue weighted by Gasteiger charge is -2.36. The van der Waals surface area contributed by atoms with Crippen molar-refractivity contribution in [2.75, 3.05) is 26.2 Å². The Morgan fingerprint density at radius 2 is 1.65 bits per heavy atom. The molecule has 0 unspecified atom stereocenters. The van der Waals surface area contributed by atoms with Crippen molar-refractivity contribution in [3.63, 3.8) is 0 Å². The van der Waals surface area contributed by atoms with Crippen molar-refractivity contribution in [3.05, 3.63) is 29.8 Å². The Labute approximate surface area is 154 Å². The van der Waals surface area contributed by atoms with Crippen LogP contribution in [-0.2, 0) is 0 Å². The van der Waals surface area contributed by atoms with Gasteiger partial charge >= 0.3 is 0 Å². The number of hydrogen-bond donors (Lipinski definition) is 1. The van der Waals surface area contributed by atoms with Crippen LogP contribution in [-0.4, -0.2) is 42.3 Å². The van der Waals surface area contributed by atoms with Crippen LogP contribution in [0.25, 0.3) is 0 Å². The molecule has 1 atom stereocenters. The van der Waals surface area contributed by atoms with E-state index < -0.39 is 12.5 Å². The highest BCUT2D eigenvalue weighted by atomic mass is 35.5. The summed E-state index contributed by atoms with van der Waals surface area (Å²) >= 11 is 1.66. The lowest BCUT2D eigenvalue weighted by Crippen LogP contribution is -2.47. The molecule has 0 aliphatic carbocycles. The molecule has 23 heavy (non-hydrogen) atoms. The lowest BCUT2D eigenvalue weighted by molar-refractivity contribution is 0.0169. The SMILES string of the molecule is CC(C)(C)Sc1ccccc1[C@H](C(F)F)N1CCNCC1.Cl.Cl. The van der Waals surface area contributed by atoms with Crippen LogP contribution >= 0.6 is 36.6 Å². The van der Waals surface area contributed by atoms with E-state index in [9.17, 15) is 8.78 Å². The average Bonchev–Trinajstić information content (AvgIpc) is 2.40. The fourth-order valence-electron chi connectivity index (χ4n) is 2.60. The molecule has 7 heteroatoms. The fourth-order valence-corrected chi connectivity index (χ4v) is 3.71. The summed E-state index contributed by atoms with van der Waals surface area (Å²) in [5.41, 5.74) is 0.759. The Kier molecular flexibility index (Phi) is 10.0. The molecule has 1 fully saturated rings. The van der Waals surface area contributed by atoms with Gasteiger partial charge < -0.3 is 5.32 Å². The summed E-state index contributed by atoms with van der Waals surface area (Å²) in [6, 6.07) is 6.80. The molecule has 2 nitrogen and oxygen atoms in total. The van der Waals surface area contributed by atoms with E-state index in [1.54, 1.807) is 11.8 Å². The van der Waals surface area contributed by atoms with E-state index in [0.717, 1.165) is 23.5 Å². The summed E-state index contributed by atoms with van der Waals surface area (Å²) in [5, 5.41) is 3.22. The molecular weight excluding hydrogens is 361 g/mol. The van der Waals surface area contributed by atoms with Crippen LogP contribution in [0.2, 0.25) is 0 Å². The van der Waals surface area contributed by atoms with E-state index in [1.165, 1.54) is 0 Å². The zero-order valence-electron chi connectivity index (χ0n) is 13.7. The molecule has 0 saturated carbocycles. The molecule has 1 N–H and O–H groups in total. The van der Waals surface area contributed by atoms with Crippen molar-refractivity contribution in [1.82, 2.24) is 10.2 Å². The molecule has 1 aliphatic rings. The first kappa shape index (κ1) is 22.9. The summed E-state index contributed by atoms with van der Waals surface area (Å²) in [6.45, 7) is 9.21. The third-order valence-corrected chi connectivity index (χ3v) is 4.64. The number of nitrogens with zero attached hydrogens (tertiary/aromatic N) is 1. The van der Waals surface area contributed by atoms with Gasteiger partial charge in [-0.25, -0.2) is 8.78 Å². The number of halogens is 4. The largest absolute Gasteiger partial charge is 0.314 e. The van der Waals surface area contributed by atoms with E-state index in [0.29, 0.717) is 13.1 Å². The van der Waals surface area contributed by atoms with E-state index in [-0.39, 0.29) is 29.6 Å². The van der Waals surface area contributed by atoms with Crippen molar-refractivity contribution < 1.29 is 8.78 Å². The number of thioether (sulfide) groups is 1. The van der Waals surface area contributed by atoms with Gasteiger partial charge in [0.25, 0.3) is 6.43 Å². The van der Waals surface area contributed by atoms with E-state index >= 15 is 0 Å². The zero-order chi connectivity index (χ0) is 15.5. The molecule has 0 spiro atoms. The number of piperazine rings is 1. The topological polar surface area (TPSA) is 15.3 Å². The normalized spacial score (nSPS) is 17.3. The second kappa shape index (κ2) is 10.0. The Morgan fingerprint density at radius 1 is 1.09 bits per heavy atom. The summed E-state index contributed by atoms with van der Waals surface area (Å²) in [6.07, 6.45) is -2.37. The first-order chi connectivity index (χ1) is 9.88. The molecule has 134 valence electrons. The molecule has 2 rings (SSSR count). The minimum absolute atomic E-state index is 0. The van der Waals surface area contributed by atoms with Crippen LogP contribution in [0.4, 0.5) is 8.78 Å². The highest BCUT2D eigenvalue weighted by Gasteiger charge is 2.32. The molecule has 0 aromatic heterocycles. The van der Waals surface area contributed by atoms with Gasteiger partial charge in [0.05, 0.1) is 6.04 Å². The van der Waals surface area contributed by atoms with Gasteiger partial charge in [-0.2, -0.15) is 0 Å². The Bertz CT molecular complexity index is 464. The maximum atomic E-state index is 13.7. The Morgan fingerprint density at radius 3 is 2.17 bits per heavy atom. The van der Waals surface area contributed by atoms with E-state index in [2.05, 4.69) is 26.1 Å². The quantitative estimate of drug-likeness (QED) is 0.759. The van der Waals surface area contributed by atoms with Gasteiger partial charge in [0.2, 0.25) is 0 Å². The van der Waals surface area contributed by atoms with E-state index in [4.69, 9.17) is 0 Å². The summed E-state index contributed by atoms with van der Waals surface area (Å²) < 4.78 is 27.4. The Balaban J connectivity index is 0.00000242. The van der Waals surface area contributed by atoms with Crippen molar-refractivity contribution in [2.24, 2.45) is 0 Å². The van der Waals surface area contributed by atoms with Crippen LogP contribution in [0, 0.1) is 0 Å². The standard InChI is InChI=1S/C16H24F2N2S.2ClH/c1-16(2,3)21-13-7-5-4-6-12(13)14(15(17)18)20-10-8-19-9-11-20;;/h4-7,14-15,19H,8-11H2,1-3H3;2*1H/t14-;;/m1../s1. The molecule has 0 amide bonds. The van der Waals surface area contributed by atoms with Crippen molar-refractivity contribution in [3.8, 4) is 0 Å². The number of hydrogen-bond acceptors (Lipinski definition) is 3. The zero-order valence-corrected chi connectivity index (χ0v) is 16.2. The fraction of sp³-hybridized carbons (Fsp3) is 0.625. The second-order valence-corrected chi connectivity index (χ2v) is 8.19. The first-order valence-electron chi connectivity index (χ1n) is 7.39. The molecule has 0 bridgehead atoms. The van der Waals surface area contributed by atoms with Gasteiger partial charge in [-0.3, -0.25) is 4.90 Å². The smallest absolute Gasteiger partial charge is 0.258 e. The number of benzene rings is 1. The van der Waals surface area contributed by atoms with Crippen LogP contribution in [0.1, 0.15) is 32.4 Å². The van der Waals surface area contributed by atoms with Crippen molar-refractivity contribution in [2.45, 2.75) is 42.9 Å². The predicted octanol–water partition coefficient (Wildman–Crippen LogP) is 4.63. The van der Waals surface area contributed by atoms with Gasteiger partial charge in [0.1, 0.15) is 0 Å². The molecule has 1 saturated heterocycles. The molecule has 1 aromatic carbocycles. The molecule has 0 radical (unpaired) electrons. The molecular formula is C16H26Cl2F2N2S. The van der Waals surface area contributed by atoms with Crippen molar-refractivity contribution >= 4 is 36.6 Å². The molecule has 1 aromatic rings. The summed E-state index contributed by atoms with van der Waals surface area (Å²) in [4.78, 5) is 2.87. The number of nitrogens with one attached hydrogen (secondary N) is 1. The van der Waals surface area contributed by atoms with Crippen molar-refractivity contribution in [1.29, 1.82) is 0 Å². The predicted molar refractivity (Wildman–Crippen MR) is 99.7 cm³/mol. The van der Waals surface area contributed by atoms with Gasteiger partial charge in [-0.15, -0.1) is 36.6 Å².